The summed E-state index contributed by atoms with van der Waals surface area (Å²) in [4.78, 5) is 2.27. The minimum Gasteiger partial charge on any atom is -0.496 e. The molecule has 1 heterocycles. The third kappa shape index (κ3) is 3.30. The van der Waals surface area contributed by atoms with Gasteiger partial charge in [0.15, 0.2) is 5.41 Å². The Bertz CT molecular complexity index is 1200. The van der Waals surface area contributed by atoms with Crippen molar-refractivity contribution in [3.05, 3.63) is 88.6 Å². The number of para-hydroxylation sites is 1. The molecule has 0 amide bonds. The number of nitriles is 3. The first kappa shape index (κ1) is 21.2. The predicted molar refractivity (Wildman–Crippen MR) is 120 cm³/mol. The van der Waals surface area contributed by atoms with Crippen molar-refractivity contribution in [3.63, 3.8) is 0 Å². The van der Waals surface area contributed by atoms with Crippen LogP contribution in [-0.4, -0.2) is 25.1 Å². The molecule has 0 saturated carbocycles. The van der Waals surface area contributed by atoms with E-state index in [4.69, 9.17) is 10.5 Å². The second-order valence-electron chi connectivity index (χ2n) is 8.10. The molecule has 0 aromatic heterocycles. The van der Waals surface area contributed by atoms with Gasteiger partial charge < -0.3 is 10.5 Å². The van der Waals surface area contributed by atoms with Crippen molar-refractivity contribution in [3.8, 4) is 24.0 Å². The maximum absolute atomic E-state index is 10.2. The highest BCUT2D eigenvalue weighted by atomic mass is 16.5. The number of methoxy groups -OCH3 is 1. The first-order valence-electron chi connectivity index (χ1n) is 10.4. The predicted octanol–water partition coefficient (Wildman–Crippen LogP) is 3.62. The highest BCUT2D eigenvalue weighted by molar-refractivity contribution is 5.60. The Hall–Kier alpha value is -4.05. The minimum absolute atomic E-state index is 0.0277. The van der Waals surface area contributed by atoms with Crippen LogP contribution in [0, 0.1) is 45.3 Å². The van der Waals surface area contributed by atoms with Gasteiger partial charge in [-0.25, -0.2) is 0 Å². The SMILES string of the molecule is COc1ccccc1[C@@H]1[C@@H]2CN(Cc3ccccc3)CC=C2C(C#N)=C(N)C1(C#N)C#N. The Kier molecular flexibility index (Phi) is 5.69. The van der Waals surface area contributed by atoms with E-state index in [9.17, 15) is 15.8 Å². The Morgan fingerprint density at radius 1 is 1.06 bits per heavy atom. The number of fused-ring (bicyclic) bond motifs is 1. The lowest BCUT2D eigenvalue weighted by Crippen LogP contribution is -2.47. The average Bonchev–Trinajstić information content (AvgIpc) is 2.84. The molecule has 2 N–H and O–H groups in total. The quantitative estimate of drug-likeness (QED) is 0.807. The first-order chi connectivity index (χ1) is 15.6. The highest BCUT2D eigenvalue weighted by Crippen LogP contribution is 2.55. The first-order valence-corrected chi connectivity index (χ1v) is 10.4. The Morgan fingerprint density at radius 2 is 1.75 bits per heavy atom. The summed E-state index contributed by atoms with van der Waals surface area (Å²) in [6.45, 7) is 1.98. The number of benzene rings is 2. The summed E-state index contributed by atoms with van der Waals surface area (Å²) in [5, 5.41) is 30.4. The second kappa shape index (κ2) is 8.60. The van der Waals surface area contributed by atoms with Crippen LogP contribution in [0.15, 0.2) is 77.5 Å². The molecular weight excluding hydrogens is 398 g/mol. The lowest BCUT2D eigenvalue weighted by atomic mass is 9.58. The molecule has 1 aliphatic heterocycles. The van der Waals surface area contributed by atoms with Gasteiger partial charge in [0.2, 0.25) is 0 Å². The number of ether oxygens (including phenoxy) is 1. The molecule has 1 aliphatic carbocycles. The molecule has 0 radical (unpaired) electrons. The number of hydrogen-bond acceptors (Lipinski definition) is 6. The van der Waals surface area contributed by atoms with Crippen LogP contribution in [0.5, 0.6) is 5.75 Å². The fraction of sp³-hybridized carbons (Fsp3) is 0.269. The van der Waals surface area contributed by atoms with Gasteiger partial charge >= 0.3 is 0 Å². The Labute approximate surface area is 188 Å². The summed E-state index contributed by atoms with van der Waals surface area (Å²) < 4.78 is 5.60. The molecule has 2 atom stereocenters. The largest absolute Gasteiger partial charge is 0.496 e. The minimum atomic E-state index is -1.67. The maximum Gasteiger partial charge on any atom is 0.191 e. The number of nitrogens with two attached hydrogens (primary N) is 1. The molecule has 158 valence electrons. The van der Waals surface area contributed by atoms with Crippen molar-refractivity contribution in [1.82, 2.24) is 4.90 Å². The lowest BCUT2D eigenvalue weighted by molar-refractivity contribution is 0.199. The van der Waals surface area contributed by atoms with E-state index in [1.165, 1.54) is 5.56 Å². The fourth-order valence-electron chi connectivity index (χ4n) is 4.98. The highest BCUT2D eigenvalue weighted by Gasteiger charge is 2.55. The zero-order chi connectivity index (χ0) is 22.7. The zero-order valence-corrected chi connectivity index (χ0v) is 17.8. The molecule has 6 nitrogen and oxygen atoms in total. The van der Waals surface area contributed by atoms with Gasteiger partial charge in [-0.3, -0.25) is 4.90 Å². The zero-order valence-electron chi connectivity index (χ0n) is 17.8. The fourth-order valence-corrected chi connectivity index (χ4v) is 4.98. The summed E-state index contributed by atoms with van der Waals surface area (Å²) in [6.07, 6.45) is 2.02. The van der Waals surface area contributed by atoms with Crippen LogP contribution in [0.2, 0.25) is 0 Å². The summed E-state index contributed by atoms with van der Waals surface area (Å²) >= 11 is 0. The van der Waals surface area contributed by atoms with Crippen LogP contribution in [0.4, 0.5) is 0 Å². The van der Waals surface area contributed by atoms with E-state index in [1.54, 1.807) is 7.11 Å². The number of hydrogen-bond donors (Lipinski definition) is 1. The molecule has 0 bridgehead atoms. The average molecular weight is 422 g/mol. The lowest BCUT2D eigenvalue weighted by Gasteiger charge is -2.45. The molecule has 2 aromatic rings. The van der Waals surface area contributed by atoms with Crippen molar-refractivity contribution in [2.24, 2.45) is 17.1 Å². The number of allylic oxidation sites excluding steroid dienone is 2. The van der Waals surface area contributed by atoms with Crippen LogP contribution in [-0.2, 0) is 6.54 Å². The van der Waals surface area contributed by atoms with Gasteiger partial charge in [0.25, 0.3) is 0 Å². The number of rotatable bonds is 4. The molecule has 6 heteroatoms. The van der Waals surface area contributed by atoms with E-state index < -0.39 is 11.3 Å². The Morgan fingerprint density at radius 3 is 2.41 bits per heavy atom. The molecule has 0 fully saturated rings. The maximum atomic E-state index is 10.2. The van der Waals surface area contributed by atoms with E-state index in [0.29, 0.717) is 18.8 Å². The van der Waals surface area contributed by atoms with Crippen molar-refractivity contribution in [2.45, 2.75) is 12.5 Å². The van der Waals surface area contributed by atoms with Gasteiger partial charge in [0.1, 0.15) is 11.8 Å². The summed E-state index contributed by atoms with van der Waals surface area (Å²) in [6, 6.07) is 24.1. The van der Waals surface area contributed by atoms with E-state index in [2.05, 4.69) is 35.2 Å². The molecule has 2 aliphatic rings. The van der Waals surface area contributed by atoms with Crippen LogP contribution >= 0.6 is 0 Å². The van der Waals surface area contributed by atoms with Crippen molar-refractivity contribution >= 4 is 0 Å². The van der Waals surface area contributed by atoms with Gasteiger partial charge in [-0.1, -0.05) is 54.6 Å². The number of nitrogens with zero attached hydrogens (tertiary/aromatic N) is 4. The van der Waals surface area contributed by atoms with Crippen LogP contribution in [0.3, 0.4) is 0 Å². The topological polar surface area (TPSA) is 110 Å². The normalized spacial score (nSPS) is 22.0. The van der Waals surface area contributed by atoms with Crippen LogP contribution < -0.4 is 10.5 Å². The standard InChI is InChI=1S/C26H23N5O/c1-32-23-10-6-5-9-20(23)24-22-15-31(14-18-7-3-2-4-8-18)12-11-19(22)21(13-27)25(30)26(24,16-28)17-29/h2-11,22,24H,12,14-15,30H2,1H3/t22-,24-/m1/s1. The summed E-state index contributed by atoms with van der Waals surface area (Å²) in [5.74, 6) is -0.235. The van der Waals surface area contributed by atoms with Crippen molar-refractivity contribution in [1.29, 1.82) is 15.8 Å². The van der Waals surface area contributed by atoms with E-state index in [-0.39, 0.29) is 17.2 Å². The Balaban J connectivity index is 1.88. The molecule has 4 rings (SSSR count). The van der Waals surface area contributed by atoms with Crippen molar-refractivity contribution in [2.75, 3.05) is 20.2 Å². The van der Waals surface area contributed by atoms with Crippen LogP contribution in [0.25, 0.3) is 0 Å². The molecule has 2 aromatic carbocycles. The van der Waals surface area contributed by atoms with E-state index >= 15 is 0 Å². The van der Waals surface area contributed by atoms with Gasteiger partial charge in [-0.2, -0.15) is 15.8 Å². The van der Waals surface area contributed by atoms with Gasteiger partial charge in [0.05, 0.1) is 30.5 Å². The molecule has 0 spiro atoms. The van der Waals surface area contributed by atoms with E-state index in [1.807, 2.05) is 48.5 Å². The monoisotopic (exact) mass is 421 g/mol. The molecular formula is C26H23N5O. The second-order valence-corrected chi connectivity index (χ2v) is 8.10. The van der Waals surface area contributed by atoms with E-state index in [0.717, 1.165) is 17.7 Å². The van der Waals surface area contributed by atoms with Gasteiger partial charge in [0, 0.05) is 37.0 Å². The molecule has 0 saturated heterocycles. The third-order valence-corrected chi connectivity index (χ3v) is 6.46. The molecule has 0 unspecified atom stereocenters. The third-order valence-electron chi connectivity index (χ3n) is 6.46. The van der Waals surface area contributed by atoms with Gasteiger partial charge in [-0.05, 0) is 17.2 Å². The molecule has 32 heavy (non-hydrogen) atoms. The smallest absolute Gasteiger partial charge is 0.191 e. The van der Waals surface area contributed by atoms with Gasteiger partial charge in [-0.15, -0.1) is 0 Å². The van der Waals surface area contributed by atoms with Crippen molar-refractivity contribution < 1.29 is 4.74 Å². The summed E-state index contributed by atoms with van der Waals surface area (Å²) in [5.41, 5.74) is 7.74. The van der Waals surface area contributed by atoms with Crippen LogP contribution in [0.1, 0.15) is 17.0 Å². The summed E-state index contributed by atoms with van der Waals surface area (Å²) in [7, 11) is 1.57.